The van der Waals surface area contributed by atoms with Gasteiger partial charge in [0.15, 0.2) is 0 Å². The zero-order valence-corrected chi connectivity index (χ0v) is 15.2. The van der Waals surface area contributed by atoms with Gasteiger partial charge in [0.25, 0.3) is 5.91 Å². The summed E-state index contributed by atoms with van der Waals surface area (Å²) in [6.45, 7) is 0.0980. The van der Waals surface area contributed by atoms with Crippen molar-refractivity contribution in [1.29, 1.82) is 0 Å². The van der Waals surface area contributed by atoms with E-state index in [1.807, 2.05) is 28.7 Å². The number of benzene rings is 1. The monoisotopic (exact) mass is 501 g/mol. The first kappa shape index (κ1) is 16.3. The van der Waals surface area contributed by atoms with Gasteiger partial charge in [0, 0.05) is 22.1 Å². The van der Waals surface area contributed by atoms with Crippen LogP contribution in [0.4, 0.5) is 0 Å². The van der Waals surface area contributed by atoms with Crippen molar-refractivity contribution in [3.8, 4) is 5.75 Å². The molecule has 20 heavy (non-hydrogen) atoms. The van der Waals surface area contributed by atoms with E-state index >= 15 is 0 Å². The van der Waals surface area contributed by atoms with Crippen LogP contribution in [0.15, 0.2) is 12.1 Å². The van der Waals surface area contributed by atoms with Crippen molar-refractivity contribution in [3.63, 3.8) is 0 Å². The largest absolute Gasteiger partial charge is 0.506 e. The maximum atomic E-state index is 12.3. The topological polar surface area (TPSA) is 69.6 Å². The smallest absolute Gasteiger partial charge is 0.255 e. The Hall–Kier alpha value is -0.0900. The number of phenols is 1. The van der Waals surface area contributed by atoms with Gasteiger partial charge in [-0.15, -0.1) is 0 Å². The van der Waals surface area contributed by atoms with E-state index in [1.165, 1.54) is 0 Å². The van der Waals surface area contributed by atoms with Gasteiger partial charge in [0.05, 0.1) is 9.13 Å². The highest BCUT2D eigenvalue weighted by Gasteiger charge is 2.27. The number of phenolic OH excluding ortho intramolecular Hbond substituents is 1. The molecule has 6 heteroatoms. The van der Waals surface area contributed by atoms with Crippen LogP contribution >= 0.6 is 45.2 Å². The molecule has 0 saturated heterocycles. The second-order valence-corrected chi connectivity index (χ2v) is 7.50. The van der Waals surface area contributed by atoms with Crippen molar-refractivity contribution in [2.75, 3.05) is 6.61 Å². The van der Waals surface area contributed by atoms with Crippen LogP contribution in [0.25, 0.3) is 0 Å². The third-order valence-corrected chi connectivity index (χ3v) is 5.18. The Labute approximate surface area is 145 Å². The summed E-state index contributed by atoms with van der Waals surface area (Å²) >= 11 is 4.14. The first-order valence-electron chi connectivity index (χ1n) is 6.62. The molecule has 2 atom stereocenters. The predicted molar refractivity (Wildman–Crippen MR) is 93.8 cm³/mol. The quantitative estimate of drug-likeness (QED) is 0.559. The van der Waals surface area contributed by atoms with Crippen molar-refractivity contribution in [1.82, 2.24) is 5.32 Å². The first-order chi connectivity index (χ1) is 9.52. The highest BCUT2D eigenvalue weighted by atomic mass is 127. The Morgan fingerprint density at radius 3 is 2.70 bits per heavy atom. The zero-order chi connectivity index (χ0) is 14.7. The molecule has 110 valence electrons. The molecule has 1 saturated carbocycles. The Balaban J connectivity index is 2.15. The Morgan fingerprint density at radius 2 is 2.00 bits per heavy atom. The first-order valence-corrected chi connectivity index (χ1v) is 8.78. The normalized spacial score (nSPS) is 22.6. The maximum absolute atomic E-state index is 12.3. The van der Waals surface area contributed by atoms with Crippen molar-refractivity contribution < 1.29 is 15.0 Å². The van der Waals surface area contributed by atoms with E-state index in [-0.39, 0.29) is 30.2 Å². The molecule has 0 spiro atoms. The van der Waals surface area contributed by atoms with Gasteiger partial charge in [-0.25, -0.2) is 0 Å². The number of aromatic hydroxyl groups is 1. The van der Waals surface area contributed by atoms with Crippen molar-refractivity contribution in [2.45, 2.75) is 31.7 Å². The van der Waals surface area contributed by atoms with E-state index in [0.717, 1.165) is 29.3 Å². The molecule has 1 aromatic carbocycles. The van der Waals surface area contributed by atoms with Gasteiger partial charge in [-0.2, -0.15) is 0 Å². The molecule has 0 bridgehead atoms. The highest BCUT2D eigenvalue weighted by Crippen LogP contribution is 2.28. The summed E-state index contributed by atoms with van der Waals surface area (Å²) in [6, 6.07) is 3.50. The minimum Gasteiger partial charge on any atom is -0.506 e. The molecule has 3 N–H and O–H groups in total. The second-order valence-electron chi connectivity index (χ2n) is 5.09. The number of halogens is 2. The molecule has 2 unspecified atom stereocenters. The van der Waals surface area contributed by atoms with Gasteiger partial charge in [0.2, 0.25) is 0 Å². The van der Waals surface area contributed by atoms with Gasteiger partial charge in [-0.05, 0) is 70.2 Å². The van der Waals surface area contributed by atoms with Crippen LogP contribution < -0.4 is 5.32 Å². The zero-order valence-electron chi connectivity index (χ0n) is 10.9. The molecule has 0 aliphatic heterocycles. The third-order valence-electron chi connectivity index (χ3n) is 3.73. The molecule has 0 aromatic heterocycles. The summed E-state index contributed by atoms with van der Waals surface area (Å²) in [4.78, 5) is 12.3. The van der Waals surface area contributed by atoms with E-state index in [1.54, 1.807) is 6.07 Å². The van der Waals surface area contributed by atoms with Gasteiger partial charge >= 0.3 is 0 Å². The van der Waals surface area contributed by atoms with E-state index in [4.69, 9.17) is 0 Å². The minimum absolute atomic E-state index is 0.00354. The fourth-order valence-corrected chi connectivity index (χ4v) is 4.45. The van der Waals surface area contributed by atoms with Crippen LogP contribution in [0, 0.1) is 13.1 Å². The van der Waals surface area contributed by atoms with Crippen molar-refractivity contribution in [3.05, 3.63) is 24.8 Å². The number of amides is 1. The third kappa shape index (κ3) is 3.76. The SMILES string of the molecule is O=C(NC1CCCCC1CO)c1cc(I)cc(I)c1O. The average Bonchev–Trinajstić information content (AvgIpc) is 2.43. The van der Waals surface area contributed by atoms with Crippen LogP contribution in [0.1, 0.15) is 36.0 Å². The minimum atomic E-state index is -0.260. The number of nitrogens with one attached hydrogen (secondary N) is 1. The van der Waals surface area contributed by atoms with E-state index in [0.29, 0.717) is 9.13 Å². The average molecular weight is 501 g/mol. The van der Waals surface area contributed by atoms with Gasteiger partial charge in [-0.3, -0.25) is 4.79 Å². The lowest BCUT2D eigenvalue weighted by Crippen LogP contribution is -2.43. The Morgan fingerprint density at radius 1 is 1.30 bits per heavy atom. The summed E-state index contributed by atoms with van der Waals surface area (Å²) in [6.07, 6.45) is 4.00. The van der Waals surface area contributed by atoms with Crippen LogP contribution in [0.2, 0.25) is 0 Å². The number of rotatable bonds is 3. The maximum Gasteiger partial charge on any atom is 0.255 e. The molecule has 0 radical (unpaired) electrons. The lowest BCUT2D eigenvalue weighted by atomic mass is 9.85. The van der Waals surface area contributed by atoms with E-state index in [9.17, 15) is 15.0 Å². The fourth-order valence-electron chi connectivity index (χ4n) is 2.60. The molecule has 2 rings (SSSR count). The number of aliphatic hydroxyl groups excluding tert-OH is 1. The molecular formula is C14H17I2NO3. The summed E-state index contributed by atoms with van der Waals surface area (Å²) in [5.41, 5.74) is 0.309. The number of hydrogen-bond acceptors (Lipinski definition) is 3. The molecule has 1 aliphatic carbocycles. The molecular weight excluding hydrogens is 484 g/mol. The summed E-state index contributed by atoms with van der Waals surface area (Å²) in [5.74, 6) is -0.110. The number of carbonyl (C=O) groups excluding carboxylic acids is 1. The molecule has 1 fully saturated rings. The molecule has 4 nitrogen and oxygen atoms in total. The standard InChI is InChI=1S/C14H17I2NO3/c15-9-5-10(13(19)11(16)6-9)14(20)17-12-4-2-1-3-8(12)7-18/h5-6,8,12,18-19H,1-4,7H2,(H,17,20). The van der Waals surface area contributed by atoms with Crippen molar-refractivity contribution >= 4 is 51.1 Å². The van der Waals surface area contributed by atoms with Crippen molar-refractivity contribution in [2.24, 2.45) is 5.92 Å². The molecule has 1 amide bonds. The summed E-state index contributed by atoms with van der Waals surface area (Å²) in [5, 5.41) is 22.4. The molecule has 0 heterocycles. The van der Waals surface area contributed by atoms with Crippen LogP contribution in [0.3, 0.4) is 0 Å². The van der Waals surface area contributed by atoms with Crippen LogP contribution in [-0.2, 0) is 0 Å². The molecule has 1 aliphatic rings. The lowest BCUT2D eigenvalue weighted by Gasteiger charge is -2.31. The summed E-state index contributed by atoms with van der Waals surface area (Å²) in [7, 11) is 0. The van der Waals surface area contributed by atoms with Crippen LogP contribution in [-0.4, -0.2) is 28.8 Å². The predicted octanol–water partition coefficient (Wildman–Crippen LogP) is 2.88. The highest BCUT2D eigenvalue weighted by molar-refractivity contribution is 14.1. The van der Waals surface area contributed by atoms with Gasteiger partial charge in [0.1, 0.15) is 5.75 Å². The van der Waals surface area contributed by atoms with Gasteiger partial charge in [-0.1, -0.05) is 12.8 Å². The fraction of sp³-hybridized carbons (Fsp3) is 0.500. The second kappa shape index (κ2) is 7.26. The Bertz CT molecular complexity index is 507. The van der Waals surface area contributed by atoms with E-state index < -0.39 is 0 Å². The number of hydrogen-bond donors (Lipinski definition) is 3. The summed E-state index contributed by atoms with van der Waals surface area (Å²) < 4.78 is 1.58. The molecule has 1 aromatic rings. The van der Waals surface area contributed by atoms with Gasteiger partial charge < -0.3 is 15.5 Å². The van der Waals surface area contributed by atoms with E-state index in [2.05, 4.69) is 27.9 Å². The number of carbonyl (C=O) groups is 1. The number of aliphatic hydroxyl groups is 1. The van der Waals surface area contributed by atoms with Crippen LogP contribution in [0.5, 0.6) is 5.75 Å². The Kier molecular flexibility index (Phi) is 5.91. The lowest BCUT2D eigenvalue weighted by molar-refractivity contribution is 0.0870.